The van der Waals surface area contributed by atoms with Gasteiger partial charge in [-0.05, 0) is 48.9 Å². The number of piperazine rings is 1. The molecule has 2 aromatic rings. The lowest BCUT2D eigenvalue weighted by Crippen LogP contribution is -2.51. The number of nitrogens with zero attached hydrogens (tertiary/aromatic N) is 3. The Morgan fingerprint density at radius 3 is 2.33 bits per heavy atom. The molecule has 0 bridgehead atoms. The van der Waals surface area contributed by atoms with Crippen molar-refractivity contribution in [1.29, 1.82) is 0 Å². The summed E-state index contributed by atoms with van der Waals surface area (Å²) in [6.07, 6.45) is 0. The van der Waals surface area contributed by atoms with Crippen molar-refractivity contribution in [2.24, 2.45) is 4.99 Å². The van der Waals surface area contributed by atoms with Gasteiger partial charge in [-0.15, -0.1) is 0 Å². The van der Waals surface area contributed by atoms with Crippen LogP contribution in [-0.4, -0.2) is 68.5 Å². The minimum Gasteiger partial charge on any atom is -0.368 e. The van der Waals surface area contributed by atoms with E-state index >= 15 is 0 Å². The van der Waals surface area contributed by atoms with Crippen molar-refractivity contribution >= 4 is 29.1 Å². The first-order valence-electron chi connectivity index (χ1n) is 11.6. The highest BCUT2D eigenvalue weighted by Crippen LogP contribution is 2.24. The third-order valence-electron chi connectivity index (χ3n) is 6.15. The van der Waals surface area contributed by atoms with E-state index in [1.54, 1.807) is 0 Å². The van der Waals surface area contributed by atoms with E-state index in [0.29, 0.717) is 25.2 Å². The van der Waals surface area contributed by atoms with Gasteiger partial charge in [0.25, 0.3) is 0 Å². The lowest BCUT2D eigenvalue weighted by Gasteiger charge is -2.36. The van der Waals surface area contributed by atoms with E-state index in [0.717, 1.165) is 49.1 Å². The van der Waals surface area contributed by atoms with Gasteiger partial charge in [0.2, 0.25) is 0 Å². The number of rotatable bonds is 6. The predicted molar refractivity (Wildman–Crippen MR) is 132 cm³/mol. The zero-order chi connectivity index (χ0) is 23.2. The number of benzene rings is 2. The second-order valence-electron chi connectivity index (χ2n) is 8.35. The molecule has 1 unspecified atom stereocenters. The fourth-order valence-corrected chi connectivity index (χ4v) is 4.14. The molecule has 0 aromatic heterocycles. The average molecular weight is 449 g/mol. The molecule has 2 aromatic carbocycles. The van der Waals surface area contributed by atoms with Gasteiger partial charge in [0, 0.05) is 62.1 Å². The molecular formula is C25H32N6O2. The van der Waals surface area contributed by atoms with Crippen molar-refractivity contribution in [2.75, 3.05) is 56.0 Å². The molecule has 0 spiro atoms. The van der Waals surface area contributed by atoms with Crippen molar-refractivity contribution in [2.45, 2.75) is 19.8 Å². The fraction of sp³-hybridized carbons (Fsp3) is 0.400. The third kappa shape index (κ3) is 5.45. The van der Waals surface area contributed by atoms with Crippen LogP contribution in [0.4, 0.5) is 16.2 Å². The van der Waals surface area contributed by atoms with Gasteiger partial charge in [0.15, 0.2) is 11.7 Å². The van der Waals surface area contributed by atoms with Gasteiger partial charge < -0.3 is 25.8 Å². The van der Waals surface area contributed by atoms with E-state index in [2.05, 4.69) is 25.8 Å². The molecule has 1 atom stereocenters. The summed E-state index contributed by atoms with van der Waals surface area (Å²) in [5.41, 5.74) is 3.72. The number of anilines is 2. The van der Waals surface area contributed by atoms with Crippen LogP contribution in [-0.2, 0) is 0 Å². The van der Waals surface area contributed by atoms with E-state index < -0.39 is 0 Å². The van der Waals surface area contributed by atoms with Crippen LogP contribution in [0.2, 0.25) is 0 Å². The lowest BCUT2D eigenvalue weighted by atomic mass is 9.92. The second kappa shape index (κ2) is 10.4. The van der Waals surface area contributed by atoms with Gasteiger partial charge in [0.1, 0.15) is 0 Å². The molecular weight excluding hydrogens is 416 g/mol. The Morgan fingerprint density at radius 1 is 1.03 bits per heavy atom. The maximum atomic E-state index is 13.1. The largest absolute Gasteiger partial charge is 0.368 e. The van der Waals surface area contributed by atoms with Crippen LogP contribution in [0.1, 0.15) is 35.7 Å². The number of urea groups is 1. The Kier molecular flexibility index (Phi) is 7.12. The van der Waals surface area contributed by atoms with Crippen LogP contribution >= 0.6 is 0 Å². The molecule has 2 aliphatic rings. The highest BCUT2D eigenvalue weighted by molar-refractivity contribution is 6.01. The molecule has 8 nitrogen and oxygen atoms in total. The van der Waals surface area contributed by atoms with Crippen LogP contribution in [0.25, 0.3) is 0 Å². The number of carbonyl (C=O) groups excluding carboxylic acids is 2. The van der Waals surface area contributed by atoms with Crippen LogP contribution in [0.3, 0.4) is 0 Å². The maximum absolute atomic E-state index is 13.1. The van der Waals surface area contributed by atoms with Gasteiger partial charge in [-0.2, -0.15) is 0 Å². The average Bonchev–Trinajstić information content (AvgIpc) is 3.37. The molecule has 2 aliphatic heterocycles. The molecule has 1 saturated heterocycles. The topological polar surface area (TPSA) is 89.1 Å². The second-order valence-corrected chi connectivity index (χ2v) is 8.35. The summed E-state index contributed by atoms with van der Waals surface area (Å²) in [4.78, 5) is 33.5. The summed E-state index contributed by atoms with van der Waals surface area (Å²) >= 11 is 0. The number of carbonyl (C=O) groups is 2. The molecule has 2 heterocycles. The number of Topliss-reactive ketones (excluding diaryl/α,β-unsaturated/α-hetero) is 1. The zero-order valence-corrected chi connectivity index (χ0v) is 19.3. The Morgan fingerprint density at radius 2 is 1.73 bits per heavy atom. The van der Waals surface area contributed by atoms with Crippen molar-refractivity contribution in [3.63, 3.8) is 0 Å². The predicted octanol–water partition coefficient (Wildman–Crippen LogP) is 2.90. The minimum absolute atomic E-state index is 0.000136. The van der Waals surface area contributed by atoms with Gasteiger partial charge in [0.05, 0.1) is 6.54 Å². The molecule has 4 rings (SSSR count). The quantitative estimate of drug-likeness (QED) is 0.592. The number of ketones is 1. The molecule has 0 aliphatic carbocycles. The SMILES string of the molecule is CCNC(=O)N1CCN(c2ccc(C(=O)C(C)c3ccc(NC4=NCCN4)cc3)cc2)CC1. The summed E-state index contributed by atoms with van der Waals surface area (Å²) in [6, 6.07) is 15.8. The van der Waals surface area contributed by atoms with Crippen molar-refractivity contribution < 1.29 is 9.59 Å². The Balaban J connectivity index is 1.33. The van der Waals surface area contributed by atoms with E-state index in [9.17, 15) is 9.59 Å². The van der Waals surface area contributed by atoms with Gasteiger partial charge in [-0.1, -0.05) is 19.1 Å². The highest BCUT2D eigenvalue weighted by Gasteiger charge is 2.22. The van der Waals surface area contributed by atoms with E-state index in [1.807, 2.05) is 67.3 Å². The van der Waals surface area contributed by atoms with E-state index in [4.69, 9.17) is 0 Å². The van der Waals surface area contributed by atoms with Gasteiger partial charge in [-0.25, -0.2) is 4.79 Å². The monoisotopic (exact) mass is 448 g/mol. The Hall–Kier alpha value is -3.55. The van der Waals surface area contributed by atoms with Crippen molar-refractivity contribution in [3.8, 4) is 0 Å². The summed E-state index contributed by atoms with van der Waals surface area (Å²) in [5, 5.41) is 9.28. The molecule has 3 N–H and O–H groups in total. The van der Waals surface area contributed by atoms with Crippen LogP contribution in [0.15, 0.2) is 53.5 Å². The first kappa shape index (κ1) is 22.6. The number of guanidine groups is 1. The van der Waals surface area contributed by atoms with Crippen molar-refractivity contribution in [1.82, 2.24) is 15.5 Å². The number of nitrogens with one attached hydrogen (secondary N) is 3. The van der Waals surface area contributed by atoms with Crippen molar-refractivity contribution in [3.05, 3.63) is 59.7 Å². The molecule has 1 fully saturated rings. The molecule has 2 amide bonds. The maximum Gasteiger partial charge on any atom is 0.317 e. The van der Waals surface area contributed by atoms with Crippen LogP contribution in [0, 0.1) is 0 Å². The molecule has 33 heavy (non-hydrogen) atoms. The number of hydrogen-bond donors (Lipinski definition) is 3. The lowest BCUT2D eigenvalue weighted by molar-refractivity contribution is 0.0966. The number of aliphatic imine (C=N–C) groups is 1. The summed E-state index contributed by atoms with van der Waals surface area (Å²) in [6.45, 7) is 9.11. The normalized spacial score (nSPS) is 16.6. The standard InChI is InChI=1S/C25H32N6O2/c1-3-26-25(33)31-16-14-30(15-17-31)22-10-6-20(7-11-22)23(32)18(2)19-4-8-21(9-5-19)29-24-27-12-13-28-24/h4-11,18H,3,12-17H2,1-2H3,(H,26,33)(H2,27,28,29). The van der Waals surface area contributed by atoms with E-state index in [-0.39, 0.29) is 17.7 Å². The van der Waals surface area contributed by atoms with Gasteiger partial charge in [-0.3, -0.25) is 9.79 Å². The van der Waals surface area contributed by atoms with Gasteiger partial charge >= 0.3 is 6.03 Å². The first-order valence-corrected chi connectivity index (χ1v) is 11.6. The highest BCUT2D eigenvalue weighted by atomic mass is 16.2. The third-order valence-corrected chi connectivity index (χ3v) is 6.15. The summed E-state index contributed by atoms with van der Waals surface area (Å²) in [7, 11) is 0. The minimum atomic E-state index is -0.229. The number of amides is 2. The van der Waals surface area contributed by atoms with Crippen LogP contribution in [0.5, 0.6) is 0 Å². The fourth-order valence-electron chi connectivity index (χ4n) is 4.14. The smallest absolute Gasteiger partial charge is 0.317 e. The molecule has 174 valence electrons. The van der Waals surface area contributed by atoms with Crippen LogP contribution < -0.4 is 20.9 Å². The molecule has 0 saturated carbocycles. The van der Waals surface area contributed by atoms with E-state index in [1.165, 1.54) is 0 Å². The number of hydrogen-bond acceptors (Lipinski definition) is 6. The summed E-state index contributed by atoms with van der Waals surface area (Å²) in [5.74, 6) is 0.662. The zero-order valence-electron chi connectivity index (χ0n) is 19.3. The Bertz CT molecular complexity index is 995. The summed E-state index contributed by atoms with van der Waals surface area (Å²) < 4.78 is 0. The Labute approximate surface area is 195 Å². The molecule has 8 heteroatoms. The molecule has 0 radical (unpaired) electrons. The first-order chi connectivity index (χ1) is 16.0.